The van der Waals surface area contributed by atoms with Gasteiger partial charge in [0.05, 0.1) is 23.9 Å². The number of nitrogens with zero attached hydrogens (tertiary/aromatic N) is 5. The van der Waals surface area contributed by atoms with Crippen molar-refractivity contribution in [2.75, 3.05) is 49.8 Å². The number of anilines is 2. The van der Waals surface area contributed by atoms with E-state index in [0.717, 1.165) is 28.3 Å². The highest BCUT2D eigenvalue weighted by atomic mass is 16.5. The first kappa shape index (κ1) is 28.4. The molecule has 44 heavy (non-hydrogen) atoms. The Morgan fingerprint density at radius 3 is 2.45 bits per heavy atom. The Balaban J connectivity index is 1.27. The van der Waals surface area contributed by atoms with Crippen molar-refractivity contribution in [3.05, 3.63) is 90.6 Å². The van der Waals surface area contributed by atoms with Crippen molar-refractivity contribution in [1.82, 2.24) is 9.99 Å². The summed E-state index contributed by atoms with van der Waals surface area (Å²) in [7, 11) is 1.56. The van der Waals surface area contributed by atoms with E-state index in [9.17, 15) is 10.1 Å². The summed E-state index contributed by atoms with van der Waals surface area (Å²) in [5.41, 5.74) is 2.51. The summed E-state index contributed by atoms with van der Waals surface area (Å²) >= 11 is 0. The molecule has 0 bridgehead atoms. The molecule has 9 nitrogen and oxygen atoms in total. The molecule has 6 rings (SSSR count). The van der Waals surface area contributed by atoms with Gasteiger partial charge in [-0.25, -0.2) is 10.0 Å². The summed E-state index contributed by atoms with van der Waals surface area (Å²) in [5, 5.41) is 16.4. The predicted molar refractivity (Wildman–Crippen MR) is 170 cm³/mol. The maximum atomic E-state index is 12.6. The van der Waals surface area contributed by atoms with Gasteiger partial charge in [-0.2, -0.15) is 5.26 Å². The summed E-state index contributed by atoms with van der Waals surface area (Å²) in [4.78, 5) is 19.2. The lowest BCUT2D eigenvalue weighted by molar-refractivity contribution is -0.110. The minimum Gasteiger partial charge on any atom is -0.493 e. The normalized spacial score (nSPS) is 13.2. The van der Waals surface area contributed by atoms with Crippen molar-refractivity contribution >= 4 is 39.5 Å². The van der Waals surface area contributed by atoms with Gasteiger partial charge >= 0.3 is 0 Å². The molecule has 1 aromatic heterocycles. The lowest BCUT2D eigenvalue weighted by Crippen LogP contribution is -2.54. The molecule has 1 saturated heterocycles. The van der Waals surface area contributed by atoms with Crippen LogP contribution in [0.1, 0.15) is 5.56 Å². The molecule has 0 aliphatic carbocycles. The van der Waals surface area contributed by atoms with E-state index in [1.807, 2.05) is 77.8 Å². The molecule has 5 aromatic rings. The second-order valence-electron chi connectivity index (χ2n) is 10.1. The summed E-state index contributed by atoms with van der Waals surface area (Å²) in [5.74, 6) is 4.72. The Hall–Kier alpha value is -5.77. The van der Waals surface area contributed by atoms with Crippen LogP contribution in [0.3, 0.4) is 0 Å². The zero-order valence-electron chi connectivity index (χ0n) is 24.1. The molecule has 218 valence electrons. The zero-order chi connectivity index (χ0) is 30.5. The fourth-order valence-electron chi connectivity index (χ4n) is 5.55. The maximum absolute atomic E-state index is 12.6. The van der Waals surface area contributed by atoms with Crippen molar-refractivity contribution in [2.45, 2.75) is 0 Å². The van der Waals surface area contributed by atoms with Crippen LogP contribution in [-0.4, -0.2) is 56.3 Å². The third kappa shape index (κ3) is 5.40. The number of para-hydroxylation sites is 2. The number of hydrogen-bond acceptors (Lipinski definition) is 8. The highest BCUT2D eigenvalue weighted by Crippen LogP contribution is 2.39. The van der Waals surface area contributed by atoms with E-state index in [4.69, 9.17) is 20.6 Å². The number of hydrogen-bond donors (Lipinski definition) is 0. The van der Waals surface area contributed by atoms with Crippen molar-refractivity contribution in [3.8, 4) is 41.4 Å². The summed E-state index contributed by atoms with van der Waals surface area (Å²) in [6.07, 6.45) is 7.75. The predicted octanol–water partition coefficient (Wildman–Crippen LogP) is 5.77. The van der Waals surface area contributed by atoms with Crippen LogP contribution in [-0.2, 0) is 4.79 Å². The van der Waals surface area contributed by atoms with E-state index in [1.54, 1.807) is 24.4 Å². The van der Waals surface area contributed by atoms with Crippen molar-refractivity contribution in [2.24, 2.45) is 0 Å². The van der Waals surface area contributed by atoms with E-state index in [-0.39, 0.29) is 6.61 Å². The highest BCUT2D eigenvalue weighted by Gasteiger charge is 2.27. The average molecular weight is 584 g/mol. The van der Waals surface area contributed by atoms with Crippen LogP contribution in [0.4, 0.5) is 11.4 Å². The molecule has 1 fully saturated rings. The summed E-state index contributed by atoms with van der Waals surface area (Å²) in [6, 6.07) is 27.3. The number of ether oxygens (including phenoxy) is 3. The van der Waals surface area contributed by atoms with Gasteiger partial charge in [-0.3, -0.25) is 9.78 Å². The molecule has 0 radical (unpaired) electrons. The second-order valence-corrected chi connectivity index (χ2v) is 10.1. The van der Waals surface area contributed by atoms with Crippen molar-refractivity contribution < 1.29 is 19.0 Å². The molecule has 2 heterocycles. The number of aromatic nitrogens is 1. The SMILES string of the molecule is C#CCOc1cc2ncc(C#N)c(N3CCN(N(C=O)c4ccccc4Oc4cccc5ccccc45)CC3)c2cc1OC. The summed E-state index contributed by atoms with van der Waals surface area (Å²) < 4.78 is 17.6. The first-order valence-electron chi connectivity index (χ1n) is 14.1. The number of hydrazine groups is 1. The molecular weight excluding hydrogens is 554 g/mol. The van der Waals surface area contributed by atoms with E-state index < -0.39 is 0 Å². The van der Waals surface area contributed by atoms with Gasteiger partial charge in [0.25, 0.3) is 0 Å². The van der Waals surface area contributed by atoms with Crippen LogP contribution in [0.15, 0.2) is 85.1 Å². The lowest BCUT2D eigenvalue weighted by atomic mass is 10.1. The number of nitriles is 1. The van der Waals surface area contributed by atoms with Crippen LogP contribution in [0.25, 0.3) is 21.7 Å². The Kier molecular flexibility index (Phi) is 8.13. The molecular formula is C35H29N5O4. The van der Waals surface area contributed by atoms with E-state index in [2.05, 4.69) is 21.9 Å². The second kappa shape index (κ2) is 12.6. The van der Waals surface area contributed by atoms with Crippen LogP contribution in [0.5, 0.6) is 23.0 Å². The molecule has 1 aliphatic rings. The fraction of sp³-hybridized carbons (Fsp3) is 0.171. The molecule has 0 atom stereocenters. The van der Waals surface area contributed by atoms with Gasteiger partial charge < -0.3 is 19.1 Å². The maximum Gasteiger partial charge on any atom is 0.228 e. The number of piperazine rings is 1. The molecule has 0 saturated carbocycles. The third-order valence-corrected chi connectivity index (χ3v) is 7.61. The largest absolute Gasteiger partial charge is 0.493 e. The quantitative estimate of drug-likeness (QED) is 0.160. The molecule has 0 N–H and O–H groups in total. The highest BCUT2D eigenvalue weighted by molar-refractivity contribution is 5.96. The van der Waals surface area contributed by atoms with Crippen LogP contribution >= 0.6 is 0 Å². The van der Waals surface area contributed by atoms with Crippen LogP contribution in [0.2, 0.25) is 0 Å². The Bertz CT molecular complexity index is 1920. The van der Waals surface area contributed by atoms with E-state index >= 15 is 0 Å². The number of carbonyl (C=O) groups is 1. The van der Waals surface area contributed by atoms with Gasteiger partial charge in [0.2, 0.25) is 6.41 Å². The van der Waals surface area contributed by atoms with Gasteiger partial charge in [0.1, 0.15) is 24.1 Å². The van der Waals surface area contributed by atoms with E-state index in [1.165, 1.54) is 0 Å². The average Bonchev–Trinajstić information content (AvgIpc) is 3.08. The minimum atomic E-state index is 0.0936. The monoisotopic (exact) mass is 583 g/mol. The fourth-order valence-corrected chi connectivity index (χ4v) is 5.55. The number of carbonyl (C=O) groups excluding carboxylic acids is 1. The number of methoxy groups -OCH3 is 1. The number of benzene rings is 4. The van der Waals surface area contributed by atoms with Gasteiger partial charge in [-0.15, -0.1) is 6.42 Å². The molecule has 1 amide bonds. The van der Waals surface area contributed by atoms with Crippen molar-refractivity contribution in [1.29, 1.82) is 5.26 Å². The minimum absolute atomic E-state index is 0.0936. The molecule has 1 aliphatic heterocycles. The lowest BCUT2D eigenvalue weighted by Gasteiger charge is -2.41. The van der Waals surface area contributed by atoms with Gasteiger partial charge in [-0.1, -0.05) is 54.5 Å². The van der Waals surface area contributed by atoms with Gasteiger partial charge in [-0.05, 0) is 29.7 Å². The number of rotatable bonds is 9. The Labute approximate surface area is 255 Å². The van der Waals surface area contributed by atoms with Crippen LogP contribution < -0.4 is 24.1 Å². The zero-order valence-corrected chi connectivity index (χ0v) is 24.1. The van der Waals surface area contributed by atoms with Crippen LogP contribution in [0, 0.1) is 23.7 Å². The Morgan fingerprint density at radius 1 is 0.932 bits per heavy atom. The number of amides is 1. The smallest absolute Gasteiger partial charge is 0.228 e. The first-order valence-corrected chi connectivity index (χ1v) is 14.1. The van der Waals surface area contributed by atoms with Crippen molar-refractivity contribution in [3.63, 3.8) is 0 Å². The third-order valence-electron chi connectivity index (χ3n) is 7.61. The molecule has 4 aromatic carbocycles. The standard InChI is InChI=1S/C35H29N5O4/c1-3-19-43-34-21-29-28(20-33(34)42-2)35(26(22-36)23-37-29)38-15-17-39(18-16-38)40(24-41)30-12-6-7-13-32(30)44-31-14-8-10-25-9-4-5-11-27(25)31/h1,4-14,20-21,23-24H,15-19H2,2H3. The molecule has 0 spiro atoms. The van der Waals surface area contributed by atoms with Gasteiger partial charge in [0, 0.05) is 49.2 Å². The van der Waals surface area contributed by atoms with Gasteiger partial charge in [0.15, 0.2) is 17.2 Å². The number of fused-ring (bicyclic) bond motifs is 2. The van der Waals surface area contributed by atoms with E-state index in [0.29, 0.717) is 65.9 Å². The number of terminal acetylenes is 1. The topological polar surface area (TPSA) is 91.2 Å². The first-order chi connectivity index (χ1) is 21.6. The molecule has 9 heteroatoms. The molecule has 0 unspecified atom stereocenters. The Morgan fingerprint density at radius 2 is 1.68 bits per heavy atom. The number of pyridine rings is 1. The summed E-state index contributed by atoms with van der Waals surface area (Å²) in [6.45, 7) is 2.26.